The fourth-order valence-electron chi connectivity index (χ4n) is 3.16. The molecule has 3 aromatic rings. The van der Waals surface area contributed by atoms with Gasteiger partial charge in [-0.3, -0.25) is 4.79 Å². The third-order valence-electron chi connectivity index (χ3n) is 4.55. The van der Waals surface area contributed by atoms with E-state index in [4.69, 9.17) is 0 Å². The van der Waals surface area contributed by atoms with Gasteiger partial charge in [-0.05, 0) is 17.5 Å². The van der Waals surface area contributed by atoms with Crippen LogP contribution in [-0.2, 0) is 5.41 Å². The summed E-state index contributed by atoms with van der Waals surface area (Å²) in [5, 5.41) is 10.1. The molecule has 0 radical (unpaired) electrons. The zero-order chi connectivity index (χ0) is 17.5. The number of ketones is 1. The minimum absolute atomic E-state index is 0.0621. The molecule has 0 aromatic heterocycles. The lowest BCUT2D eigenvalue weighted by Gasteiger charge is -2.27. The first kappa shape index (κ1) is 16.7. The lowest BCUT2D eigenvalue weighted by atomic mass is 9.72. The normalized spacial score (nSPS) is 10.8. The Morgan fingerprint density at radius 3 is 1.64 bits per heavy atom. The second-order valence-electron chi connectivity index (χ2n) is 6.04. The molecule has 0 saturated carbocycles. The summed E-state index contributed by atoms with van der Waals surface area (Å²) in [5.74, 6) is 0.0621. The number of carbonyl (C=O) groups excluding carboxylic acids is 1. The largest absolute Gasteiger partial charge is 0.294 e. The van der Waals surface area contributed by atoms with Gasteiger partial charge in [0.25, 0.3) is 0 Å². The number of carbonyl (C=O) groups is 1. The number of hydrogen-bond acceptors (Lipinski definition) is 2. The molecular formula is C23H19NO. The van der Waals surface area contributed by atoms with Crippen molar-refractivity contribution in [2.24, 2.45) is 0 Å². The van der Waals surface area contributed by atoms with Gasteiger partial charge >= 0.3 is 0 Å². The first-order valence-corrected chi connectivity index (χ1v) is 8.37. The molecule has 0 atom stereocenters. The van der Waals surface area contributed by atoms with E-state index in [2.05, 4.69) is 6.07 Å². The van der Waals surface area contributed by atoms with Crippen molar-refractivity contribution in [1.29, 1.82) is 5.26 Å². The molecule has 0 aliphatic rings. The quantitative estimate of drug-likeness (QED) is 0.587. The molecule has 2 nitrogen and oxygen atoms in total. The average Bonchev–Trinajstić information content (AvgIpc) is 2.71. The predicted molar refractivity (Wildman–Crippen MR) is 99.3 cm³/mol. The van der Waals surface area contributed by atoms with E-state index in [9.17, 15) is 10.1 Å². The molecule has 2 heteroatoms. The van der Waals surface area contributed by atoms with Crippen LogP contribution in [0.25, 0.3) is 0 Å². The number of nitriles is 1. The van der Waals surface area contributed by atoms with E-state index >= 15 is 0 Å². The maximum absolute atomic E-state index is 12.6. The van der Waals surface area contributed by atoms with Gasteiger partial charge in [0, 0.05) is 12.0 Å². The maximum atomic E-state index is 12.6. The summed E-state index contributed by atoms with van der Waals surface area (Å²) in [4.78, 5) is 12.6. The van der Waals surface area contributed by atoms with Gasteiger partial charge in [-0.2, -0.15) is 5.26 Å². The number of nitrogens with zero attached hydrogens (tertiary/aromatic N) is 1. The molecule has 0 N–H and O–H groups in total. The number of benzene rings is 3. The van der Waals surface area contributed by atoms with Crippen molar-refractivity contribution in [2.75, 3.05) is 0 Å². The van der Waals surface area contributed by atoms with Crippen LogP contribution in [0.3, 0.4) is 0 Å². The summed E-state index contributed by atoms with van der Waals surface area (Å²) in [6, 6.07) is 31.2. The van der Waals surface area contributed by atoms with Crippen LogP contribution in [0, 0.1) is 11.3 Å². The molecule has 0 fully saturated rings. The fourth-order valence-corrected chi connectivity index (χ4v) is 3.16. The van der Waals surface area contributed by atoms with E-state index in [1.165, 1.54) is 0 Å². The molecule has 0 aliphatic heterocycles. The van der Waals surface area contributed by atoms with Crippen molar-refractivity contribution in [1.82, 2.24) is 0 Å². The van der Waals surface area contributed by atoms with E-state index in [0.717, 1.165) is 11.1 Å². The lowest BCUT2D eigenvalue weighted by Crippen LogP contribution is -2.27. The molecule has 3 aromatic carbocycles. The van der Waals surface area contributed by atoms with Crippen LogP contribution in [-0.4, -0.2) is 5.78 Å². The Morgan fingerprint density at radius 1 is 0.760 bits per heavy atom. The summed E-state index contributed by atoms with van der Waals surface area (Å²) in [7, 11) is 0. The summed E-state index contributed by atoms with van der Waals surface area (Å²) >= 11 is 0. The van der Waals surface area contributed by atoms with Crippen molar-refractivity contribution >= 4 is 5.78 Å². The monoisotopic (exact) mass is 325 g/mol. The third-order valence-corrected chi connectivity index (χ3v) is 4.55. The van der Waals surface area contributed by atoms with Gasteiger partial charge in [0.15, 0.2) is 5.78 Å². The Morgan fingerprint density at radius 2 is 1.20 bits per heavy atom. The van der Waals surface area contributed by atoms with Gasteiger partial charge in [0.2, 0.25) is 0 Å². The number of Topliss-reactive ketones (excluding diaryl/α,β-unsaturated/α-hetero) is 1. The van der Waals surface area contributed by atoms with Crippen LogP contribution >= 0.6 is 0 Å². The van der Waals surface area contributed by atoms with Gasteiger partial charge in [-0.15, -0.1) is 0 Å². The fraction of sp³-hybridized carbons (Fsp3) is 0.130. The maximum Gasteiger partial charge on any atom is 0.162 e. The molecule has 0 bridgehead atoms. The Labute approximate surface area is 148 Å². The molecule has 122 valence electrons. The highest BCUT2D eigenvalue weighted by Crippen LogP contribution is 2.36. The van der Waals surface area contributed by atoms with E-state index in [0.29, 0.717) is 18.4 Å². The number of rotatable bonds is 6. The van der Waals surface area contributed by atoms with Crippen molar-refractivity contribution in [3.05, 3.63) is 108 Å². The minimum atomic E-state index is -0.826. The van der Waals surface area contributed by atoms with Crippen LogP contribution in [0.4, 0.5) is 0 Å². The Bertz CT molecular complexity index is 825. The Balaban J connectivity index is 1.95. The van der Waals surface area contributed by atoms with E-state index in [1.54, 1.807) is 0 Å². The van der Waals surface area contributed by atoms with E-state index in [-0.39, 0.29) is 5.78 Å². The molecule has 0 saturated heterocycles. The van der Waals surface area contributed by atoms with Crippen LogP contribution in [0.1, 0.15) is 34.3 Å². The Hall–Kier alpha value is -3.18. The van der Waals surface area contributed by atoms with Crippen molar-refractivity contribution in [3.8, 4) is 6.07 Å². The lowest BCUT2D eigenvalue weighted by molar-refractivity contribution is 0.0976. The molecule has 0 spiro atoms. The van der Waals surface area contributed by atoms with Crippen LogP contribution in [0.5, 0.6) is 0 Å². The molecule has 0 aliphatic carbocycles. The smallest absolute Gasteiger partial charge is 0.162 e. The zero-order valence-electron chi connectivity index (χ0n) is 13.9. The second-order valence-corrected chi connectivity index (χ2v) is 6.04. The van der Waals surface area contributed by atoms with E-state index < -0.39 is 5.41 Å². The topological polar surface area (TPSA) is 40.9 Å². The van der Waals surface area contributed by atoms with Crippen LogP contribution in [0.2, 0.25) is 0 Å². The molecule has 0 unspecified atom stereocenters. The van der Waals surface area contributed by atoms with Gasteiger partial charge in [-0.1, -0.05) is 91.0 Å². The standard InChI is InChI=1S/C23H19NO/c24-18-23(20-12-6-2-7-13-20,21-14-8-3-9-15-21)17-16-22(25)19-10-4-1-5-11-19/h1-15H,16-17H2. The predicted octanol–water partition coefficient (Wildman–Crippen LogP) is 5.16. The SMILES string of the molecule is N#CC(CCC(=O)c1ccccc1)(c1ccccc1)c1ccccc1. The zero-order valence-corrected chi connectivity index (χ0v) is 13.9. The third kappa shape index (κ3) is 3.51. The van der Waals surface area contributed by atoms with Crippen LogP contribution in [0.15, 0.2) is 91.0 Å². The summed E-state index contributed by atoms with van der Waals surface area (Å²) in [6.07, 6.45) is 0.770. The molecular weight excluding hydrogens is 306 g/mol. The average molecular weight is 325 g/mol. The highest BCUT2D eigenvalue weighted by Gasteiger charge is 2.34. The second kappa shape index (κ2) is 7.59. The minimum Gasteiger partial charge on any atom is -0.294 e. The number of hydrogen-bond donors (Lipinski definition) is 0. The Kier molecular flexibility index (Phi) is 5.06. The van der Waals surface area contributed by atoms with Crippen LogP contribution < -0.4 is 0 Å². The van der Waals surface area contributed by atoms with Gasteiger partial charge in [-0.25, -0.2) is 0 Å². The van der Waals surface area contributed by atoms with Crippen molar-refractivity contribution in [2.45, 2.75) is 18.3 Å². The molecule has 0 heterocycles. The molecule has 3 rings (SSSR count). The first-order valence-electron chi connectivity index (χ1n) is 8.37. The summed E-state index contributed by atoms with van der Waals surface area (Å²) in [6.45, 7) is 0. The summed E-state index contributed by atoms with van der Waals surface area (Å²) in [5.41, 5.74) is 1.71. The summed E-state index contributed by atoms with van der Waals surface area (Å²) < 4.78 is 0. The van der Waals surface area contributed by atoms with Gasteiger partial charge in [0.1, 0.15) is 5.41 Å². The van der Waals surface area contributed by atoms with Gasteiger partial charge in [0.05, 0.1) is 6.07 Å². The van der Waals surface area contributed by atoms with Gasteiger partial charge < -0.3 is 0 Å². The van der Waals surface area contributed by atoms with Crippen molar-refractivity contribution < 1.29 is 4.79 Å². The molecule has 0 amide bonds. The van der Waals surface area contributed by atoms with E-state index in [1.807, 2.05) is 91.0 Å². The highest BCUT2D eigenvalue weighted by atomic mass is 16.1. The highest BCUT2D eigenvalue weighted by molar-refractivity contribution is 5.96. The van der Waals surface area contributed by atoms with Crippen molar-refractivity contribution in [3.63, 3.8) is 0 Å². The molecule has 25 heavy (non-hydrogen) atoms. The first-order chi connectivity index (χ1) is 12.3.